The summed E-state index contributed by atoms with van der Waals surface area (Å²) in [5.74, 6) is 0. The van der Waals surface area contributed by atoms with Crippen LogP contribution in [0.4, 0.5) is 4.79 Å². The molecule has 0 saturated heterocycles. The van der Waals surface area contributed by atoms with E-state index in [0.717, 1.165) is 11.1 Å². The molecule has 2 rings (SSSR count). The second-order valence-electron chi connectivity index (χ2n) is 4.20. The molecule has 0 heterocycles. The topological polar surface area (TPSA) is 38.3 Å². The number of hydrogen-bond donors (Lipinski definition) is 1. The molecule has 0 aliphatic rings. The van der Waals surface area contributed by atoms with Crippen molar-refractivity contribution in [3.63, 3.8) is 0 Å². The Labute approximate surface area is 133 Å². The zero-order valence-corrected chi connectivity index (χ0v) is 12.6. The summed E-state index contributed by atoms with van der Waals surface area (Å²) < 4.78 is 5.06. The fourth-order valence-corrected chi connectivity index (χ4v) is 1.90. The van der Waals surface area contributed by atoms with Gasteiger partial charge in [-0.05, 0) is 29.8 Å². The monoisotopic (exact) mass is 321 g/mol. The van der Waals surface area contributed by atoms with E-state index in [1.165, 1.54) is 6.20 Å². The van der Waals surface area contributed by atoms with Gasteiger partial charge >= 0.3 is 6.09 Å². The minimum Gasteiger partial charge on any atom is -0.444 e. The molecule has 0 aliphatic carbocycles. The first-order valence-corrected chi connectivity index (χ1v) is 6.99. The molecule has 21 heavy (non-hydrogen) atoms. The lowest BCUT2D eigenvalue weighted by Crippen LogP contribution is -2.18. The zero-order valence-electron chi connectivity index (χ0n) is 11.1. The molecule has 0 aliphatic heterocycles. The molecule has 1 amide bonds. The number of benzene rings is 2. The first kappa shape index (κ1) is 15.4. The number of carbonyl (C=O) groups is 1. The van der Waals surface area contributed by atoms with E-state index < -0.39 is 6.09 Å². The van der Waals surface area contributed by atoms with Crippen LogP contribution in [0.3, 0.4) is 0 Å². The smallest absolute Gasteiger partial charge is 0.411 e. The van der Waals surface area contributed by atoms with E-state index in [0.29, 0.717) is 10.0 Å². The third-order valence-electron chi connectivity index (χ3n) is 2.66. The molecular weight excluding hydrogens is 309 g/mol. The highest BCUT2D eigenvalue weighted by Gasteiger charge is 2.03. The Bertz CT molecular complexity index is 639. The number of nitrogens with one attached hydrogen (secondary N) is 1. The van der Waals surface area contributed by atoms with Crippen LogP contribution in [0.5, 0.6) is 0 Å². The summed E-state index contributed by atoms with van der Waals surface area (Å²) in [6, 6.07) is 14.4. The Balaban J connectivity index is 1.80. The van der Waals surface area contributed by atoms with Crippen molar-refractivity contribution in [2.24, 2.45) is 0 Å². The Morgan fingerprint density at radius 2 is 1.81 bits per heavy atom. The van der Waals surface area contributed by atoms with E-state index in [9.17, 15) is 4.79 Å². The lowest BCUT2D eigenvalue weighted by atomic mass is 10.2. The molecule has 2 aromatic rings. The summed E-state index contributed by atoms with van der Waals surface area (Å²) in [7, 11) is 0. The van der Waals surface area contributed by atoms with Crippen LogP contribution in [0, 0.1) is 0 Å². The van der Waals surface area contributed by atoms with Crippen LogP contribution >= 0.6 is 23.2 Å². The average molecular weight is 322 g/mol. The van der Waals surface area contributed by atoms with Gasteiger partial charge in [-0.1, -0.05) is 53.5 Å². The van der Waals surface area contributed by atoms with Gasteiger partial charge < -0.3 is 4.74 Å². The quantitative estimate of drug-likeness (QED) is 0.870. The predicted molar refractivity (Wildman–Crippen MR) is 85.3 cm³/mol. The minimum absolute atomic E-state index is 0.125. The molecule has 0 bridgehead atoms. The number of ether oxygens (including phenoxy) is 1. The molecule has 3 nitrogen and oxygen atoms in total. The van der Waals surface area contributed by atoms with Gasteiger partial charge in [-0.3, -0.25) is 5.32 Å². The van der Waals surface area contributed by atoms with Gasteiger partial charge in [0, 0.05) is 21.8 Å². The Hall–Kier alpha value is -1.97. The normalized spacial score (nSPS) is 10.6. The van der Waals surface area contributed by atoms with Gasteiger partial charge in [0.05, 0.1) is 0 Å². The number of hydrogen-bond acceptors (Lipinski definition) is 2. The van der Waals surface area contributed by atoms with Crippen molar-refractivity contribution in [1.29, 1.82) is 0 Å². The maximum Gasteiger partial charge on any atom is 0.411 e. The van der Waals surface area contributed by atoms with Gasteiger partial charge in [-0.15, -0.1) is 0 Å². The Kier molecular flexibility index (Phi) is 5.67. The molecule has 0 saturated carbocycles. The van der Waals surface area contributed by atoms with Gasteiger partial charge in [0.15, 0.2) is 0 Å². The second-order valence-corrected chi connectivity index (χ2v) is 5.04. The van der Waals surface area contributed by atoms with Crippen LogP contribution in [-0.4, -0.2) is 6.09 Å². The number of carbonyl (C=O) groups excluding carboxylic acids is 1. The van der Waals surface area contributed by atoms with Gasteiger partial charge in [0.1, 0.15) is 6.61 Å². The summed E-state index contributed by atoms with van der Waals surface area (Å²) in [5, 5.41) is 3.75. The molecule has 108 valence electrons. The number of alkyl carbamates (subject to hydrolysis) is 1. The molecule has 1 N–H and O–H groups in total. The van der Waals surface area contributed by atoms with Crippen molar-refractivity contribution < 1.29 is 9.53 Å². The van der Waals surface area contributed by atoms with Crippen LogP contribution in [-0.2, 0) is 11.3 Å². The van der Waals surface area contributed by atoms with Crippen molar-refractivity contribution >= 4 is 35.4 Å². The van der Waals surface area contributed by atoms with Crippen molar-refractivity contribution in [3.05, 3.63) is 75.9 Å². The molecule has 0 atom stereocenters. The van der Waals surface area contributed by atoms with Crippen LogP contribution in [0.15, 0.2) is 54.7 Å². The molecule has 0 radical (unpaired) electrons. The third kappa shape index (κ3) is 5.14. The van der Waals surface area contributed by atoms with Gasteiger partial charge in [-0.25, -0.2) is 4.79 Å². The van der Waals surface area contributed by atoms with E-state index in [2.05, 4.69) is 5.32 Å². The second kappa shape index (κ2) is 7.72. The van der Waals surface area contributed by atoms with Crippen molar-refractivity contribution in [3.8, 4) is 0 Å². The summed E-state index contributed by atoms with van der Waals surface area (Å²) in [4.78, 5) is 11.5. The summed E-state index contributed by atoms with van der Waals surface area (Å²) >= 11 is 11.8. The van der Waals surface area contributed by atoms with Crippen LogP contribution in [0.1, 0.15) is 11.1 Å². The predicted octanol–water partition coefficient (Wildman–Crippen LogP) is 4.89. The summed E-state index contributed by atoms with van der Waals surface area (Å²) in [6.45, 7) is 0.125. The van der Waals surface area contributed by atoms with E-state index in [1.54, 1.807) is 30.3 Å². The fraction of sp³-hybridized carbons (Fsp3) is 0.0625. The lowest BCUT2D eigenvalue weighted by Gasteiger charge is -2.05. The van der Waals surface area contributed by atoms with E-state index in [-0.39, 0.29) is 6.61 Å². The van der Waals surface area contributed by atoms with Crippen LogP contribution in [0.25, 0.3) is 6.08 Å². The standard InChI is InChI=1S/C16H13Cl2NO2/c17-14-7-5-12(6-8-14)9-10-19-16(20)21-11-13-3-1-2-4-15(13)18/h1-10H,11H2,(H,19,20)/b10-9+. The average Bonchev–Trinajstić information content (AvgIpc) is 2.48. The van der Waals surface area contributed by atoms with E-state index in [4.69, 9.17) is 27.9 Å². The molecule has 0 aromatic heterocycles. The van der Waals surface area contributed by atoms with Gasteiger partial charge in [0.2, 0.25) is 0 Å². The van der Waals surface area contributed by atoms with Crippen LogP contribution < -0.4 is 5.32 Å². The highest BCUT2D eigenvalue weighted by molar-refractivity contribution is 6.31. The van der Waals surface area contributed by atoms with Crippen molar-refractivity contribution in [2.45, 2.75) is 6.61 Å². The van der Waals surface area contributed by atoms with Crippen LogP contribution in [0.2, 0.25) is 10.0 Å². The first-order valence-electron chi connectivity index (χ1n) is 6.24. The third-order valence-corrected chi connectivity index (χ3v) is 3.28. The van der Waals surface area contributed by atoms with E-state index in [1.807, 2.05) is 24.3 Å². The SMILES string of the molecule is O=C(N/C=C/c1ccc(Cl)cc1)OCc1ccccc1Cl. The molecular formula is C16H13Cl2NO2. The fourth-order valence-electron chi connectivity index (χ4n) is 1.58. The number of halogens is 2. The molecule has 0 spiro atoms. The summed E-state index contributed by atoms with van der Waals surface area (Å²) in [6.07, 6.45) is 2.71. The molecule has 5 heteroatoms. The van der Waals surface area contributed by atoms with E-state index >= 15 is 0 Å². The van der Waals surface area contributed by atoms with Gasteiger partial charge in [0.25, 0.3) is 0 Å². The molecule has 0 fully saturated rings. The Morgan fingerprint density at radius 3 is 2.52 bits per heavy atom. The highest BCUT2D eigenvalue weighted by atomic mass is 35.5. The maximum atomic E-state index is 11.5. The van der Waals surface area contributed by atoms with Crippen molar-refractivity contribution in [1.82, 2.24) is 5.32 Å². The van der Waals surface area contributed by atoms with Crippen molar-refractivity contribution in [2.75, 3.05) is 0 Å². The minimum atomic E-state index is -0.542. The molecule has 0 unspecified atom stereocenters. The Morgan fingerprint density at radius 1 is 1.10 bits per heavy atom. The lowest BCUT2D eigenvalue weighted by molar-refractivity contribution is 0.143. The number of amides is 1. The maximum absolute atomic E-state index is 11.5. The van der Waals surface area contributed by atoms with Gasteiger partial charge in [-0.2, -0.15) is 0 Å². The zero-order chi connectivity index (χ0) is 15.1. The molecule has 2 aromatic carbocycles. The highest BCUT2D eigenvalue weighted by Crippen LogP contribution is 2.15. The number of rotatable bonds is 4. The first-order chi connectivity index (χ1) is 10.1. The summed E-state index contributed by atoms with van der Waals surface area (Å²) in [5.41, 5.74) is 1.68. The largest absolute Gasteiger partial charge is 0.444 e.